The quantitative estimate of drug-likeness (QED) is 0.441. The van der Waals surface area contributed by atoms with Gasteiger partial charge in [0.15, 0.2) is 17.5 Å². The Morgan fingerprint density at radius 1 is 1.18 bits per heavy atom. The van der Waals surface area contributed by atoms with Gasteiger partial charge in [-0.05, 0) is 36.1 Å². The van der Waals surface area contributed by atoms with E-state index in [1.54, 1.807) is 30.3 Å². The standard InChI is InChI=1S/C23H23F3N4O3S/c1-32-17-9-8-13(10-18(17)33-2)16-11-20(23(24,25)26)30-21(28-16)14(12-27-30)22(31)29-15-6-4-5-7-19(15)34-3/h4-10,12,16,20,28H,11H2,1-3H3,(H,29,31). The van der Waals surface area contributed by atoms with Crippen LogP contribution < -0.4 is 20.1 Å². The number of carbonyl (C=O) groups excluding carboxylic acids is 1. The number of alkyl halides is 3. The van der Waals surface area contributed by atoms with Crippen LogP contribution in [0, 0.1) is 0 Å². The molecule has 0 radical (unpaired) electrons. The van der Waals surface area contributed by atoms with E-state index >= 15 is 0 Å². The minimum absolute atomic E-state index is 0.00694. The molecular weight excluding hydrogens is 469 g/mol. The van der Waals surface area contributed by atoms with Crippen LogP contribution in [0.5, 0.6) is 11.5 Å². The van der Waals surface area contributed by atoms with E-state index < -0.39 is 24.2 Å². The average Bonchev–Trinajstić information content (AvgIpc) is 3.26. The van der Waals surface area contributed by atoms with Gasteiger partial charge in [-0.1, -0.05) is 18.2 Å². The molecule has 2 atom stereocenters. The van der Waals surface area contributed by atoms with Crippen molar-refractivity contribution in [2.75, 3.05) is 31.1 Å². The predicted molar refractivity (Wildman–Crippen MR) is 124 cm³/mol. The summed E-state index contributed by atoms with van der Waals surface area (Å²) in [4.78, 5) is 13.9. The molecule has 0 saturated carbocycles. The van der Waals surface area contributed by atoms with Crippen LogP contribution in [0.2, 0.25) is 0 Å². The first-order valence-electron chi connectivity index (χ1n) is 10.3. The highest BCUT2D eigenvalue weighted by atomic mass is 32.2. The largest absolute Gasteiger partial charge is 0.493 e. The summed E-state index contributed by atoms with van der Waals surface area (Å²) in [5.74, 6) is 0.319. The van der Waals surface area contributed by atoms with Gasteiger partial charge in [0.05, 0.1) is 32.1 Å². The molecule has 0 spiro atoms. The highest BCUT2D eigenvalue weighted by molar-refractivity contribution is 7.98. The number of fused-ring (bicyclic) bond motifs is 1. The van der Waals surface area contributed by atoms with Crippen molar-refractivity contribution in [1.29, 1.82) is 0 Å². The summed E-state index contributed by atoms with van der Waals surface area (Å²) in [7, 11) is 2.94. The van der Waals surface area contributed by atoms with Crippen LogP contribution in [-0.2, 0) is 0 Å². The highest BCUT2D eigenvalue weighted by Crippen LogP contribution is 2.45. The van der Waals surface area contributed by atoms with Crippen molar-refractivity contribution >= 4 is 29.2 Å². The second-order valence-corrected chi connectivity index (χ2v) is 8.46. The smallest absolute Gasteiger partial charge is 0.410 e. The number of nitrogens with zero attached hydrogens (tertiary/aromatic N) is 2. The lowest BCUT2D eigenvalue weighted by atomic mass is 9.96. The number of para-hydroxylation sites is 1. The second-order valence-electron chi connectivity index (χ2n) is 7.61. The molecule has 2 unspecified atom stereocenters. The monoisotopic (exact) mass is 492 g/mol. The maximum atomic E-state index is 14.0. The number of thioether (sulfide) groups is 1. The van der Waals surface area contributed by atoms with Gasteiger partial charge in [-0.2, -0.15) is 18.3 Å². The Balaban J connectivity index is 1.71. The zero-order valence-electron chi connectivity index (χ0n) is 18.6. The zero-order chi connectivity index (χ0) is 24.5. The minimum atomic E-state index is -4.56. The first kappa shape index (κ1) is 23.8. The number of aromatic nitrogens is 2. The minimum Gasteiger partial charge on any atom is -0.493 e. The number of benzene rings is 2. The van der Waals surface area contributed by atoms with Crippen LogP contribution in [0.1, 0.15) is 34.4 Å². The lowest BCUT2D eigenvalue weighted by Crippen LogP contribution is -2.36. The summed E-state index contributed by atoms with van der Waals surface area (Å²) >= 11 is 1.45. The van der Waals surface area contributed by atoms with Gasteiger partial charge in [-0.3, -0.25) is 4.79 Å². The van der Waals surface area contributed by atoms with Gasteiger partial charge in [0.25, 0.3) is 5.91 Å². The third-order valence-corrected chi connectivity index (χ3v) is 6.44. The summed E-state index contributed by atoms with van der Waals surface area (Å²) in [6.45, 7) is 0. The number of anilines is 2. The molecule has 0 saturated heterocycles. The molecule has 4 rings (SSSR count). The fourth-order valence-corrected chi connectivity index (χ4v) is 4.51. The number of hydrogen-bond donors (Lipinski definition) is 2. The Kier molecular flexibility index (Phi) is 6.65. The molecule has 1 aromatic heterocycles. The van der Waals surface area contributed by atoms with Gasteiger partial charge >= 0.3 is 6.18 Å². The fraction of sp³-hybridized carbons (Fsp3) is 0.304. The van der Waals surface area contributed by atoms with E-state index in [0.29, 0.717) is 22.7 Å². The molecule has 3 aromatic rings. The van der Waals surface area contributed by atoms with Crippen LogP contribution in [-0.4, -0.2) is 42.3 Å². The molecule has 0 bridgehead atoms. The van der Waals surface area contributed by atoms with E-state index in [-0.39, 0.29) is 17.8 Å². The van der Waals surface area contributed by atoms with Crippen LogP contribution in [0.4, 0.5) is 24.7 Å². The Morgan fingerprint density at radius 3 is 2.59 bits per heavy atom. The highest BCUT2D eigenvalue weighted by Gasteiger charge is 2.47. The van der Waals surface area contributed by atoms with Gasteiger partial charge in [0.2, 0.25) is 0 Å². The van der Waals surface area contributed by atoms with Crippen molar-refractivity contribution < 1.29 is 27.4 Å². The molecule has 2 N–H and O–H groups in total. The van der Waals surface area contributed by atoms with E-state index in [1.807, 2.05) is 18.4 Å². The molecule has 1 aliphatic heterocycles. The lowest BCUT2D eigenvalue weighted by molar-refractivity contribution is -0.173. The third-order valence-electron chi connectivity index (χ3n) is 5.65. The lowest BCUT2D eigenvalue weighted by Gasteiger charge is -2.34. The average molecular weight is 493 g/mol. The molecule has 1 amide bonds. The SMILES string of the molecule is COc1ccc(C2CC(C(F)(F)F)n3ncc(C(=O)Nc4ccccc4SC)c3N2)cc1OC. The molecule has 180 valence electrons. The summed E-state index contributed by atoms with van der Waals surface area (Å²) in [6, 6.07) is 9.49. The van der Waals surface area contributed by atoms with Crippen molar-refractivity contribution in [3.63, 3.8) is 0 Å². The maximum absolute atomic E-state index is 14.0. The predicted octanol–water partition coefficient (Wildman–Crippen LogP) is 5.53. The number of amides is 1. The molecule has 2 heterocycles. The van der Waals surface area contributed by atoms with Gasteiger partial charge in [-0.25, -0.2) is 4.68 Å². The van der Waals surface area contributed by atoms with Crippen LogP contribution in [0.15, 0.2) is 53.6 Å². The van der Waals surface area contributed by atoms with E-state index in [9.17, 15) is 18.0 Å². The van der Waals surface area contributed by atoms with E-state index in [0.717, 1.165) is 15.8 Å². The molecular formula is C23H23F3N4O3S. The van der Waals surface area contributed by atoms with Crippen molar-refractivity contribution in [2.24, 2.45) is 0 Å². The molecule has 7 nitrogen and oxygen atoms in total. The van der Waals surface area contributed by atoms with Gasteiger partial charge < -0.3 is 20.1 Å². The number of halogens is 3. The number of ether oxygens (including phenoxy) is 2. The van der Waals surface area contributed by atoms with Crippen molar-refractivity contribution in [2.45, 2.75) is 29.6 Å². The summed E-state index contributed by atoms with van der Waals surface area (Å²) in [5.41, 5.74) is 1.16. The maximum Gasteiger partial charge on any atom is 0.410 e. The number of nitrogens with one attached hydrogen (secondary N) is 2. The fourth-order valence-electron chi connectivity index (χ4n) is 3.95. The summed E-state index contributed by atoms with van der Waals surface area (Å²) in [6.07, 6.45) is -1.83. The summed E-state index contributed by atoms with van der Waals surface area (Å²) in [5, 5.41) is 9.79. The second kappa shape index (κ2) is 9.49. The molecule has 11 heteroatoms. The number of hydrogen-bond acceptors (Lipinski definition) is 6. The topological polar surface area (TPSA) is 77.4 Å². The molecule has 1 aliphatic rings. The van der Waals surface area contributed by atoms with Crippen molar-refractivity contribution in [3.05, 3.63) is 59.8 Å². The van der Waals surface area contributed by atoms with Gasteiger partial charge in [0.1, 0.15) is 11.4 Å². The van der Waals surface area contributed by atoms with Crippen LogP contribution >= 0.6 is 11.8 Å². The van der Waals surface area contributed by atoms with Crippen LogP contribution in [0.25, 0.3) is 0 Å². The molecule has 0 fully saturated rings. The van der Waals surface area contributed by atoms with Gasteiger partial charge in [-0.15, -0.1) is 11.8 Å². The Labute approximate surface area is 198 Å². The first-order valence-corrected chi connectivity index (χ1v) is 11.6. The number of rotatable bonds is 6. The van der Waals surface area contributed by atoms with E-state index in [4.69, 9.17) is 9.47 Å². The first-order chi connectivity index (χ1) is 16.3. The number of methoxy groups -OCH3 is 2. The third kappa shape index (κ3) is 4.52. The van der Waals surface area contributed by atoms with Gasteiger partial charge in [0, 0.05) is 11.3 Å². The van der Waals surface area contributed by atoms with Crippen molar-refractivity contribution in [1.82, 2.24) is 9.78 Å². The normalized spacial score (nSPS) is 17.5. The molecule has 0 aliphatic carbocycles. The molecule has 2 aromatic carbocycles. The zero-order valence-corrected chi connectivity index (χ0v) is 19.5. The Hall–Kier alpha value is -3.34. The van der Waals surface area contributed by atoms with E-state index in [1.165, 1.54) is 26.0 Å². The number of carbonyl (C=O) groups is 1. The van der Waals surface area contributed by atoms with E-state index in [2.05, 4.69) is 15.7 Å². The van der Waals surface area contributed by atoms with Crippen molar-refractivity contribution in [3.8, 4) is 11.5 Å². The van der Waals surface area contributed by atoms with Crippen LogP contribution in [0.3, 0.4) is 0 Å². The molecule has 34 heavy (non-hydrogen) atoms. The summed E-state index contributed by atoms with van der Waals surface area (Å²) < 4.78 is 53.4. The Bertz CT molecular complexity index is 1200. The Morgan fingerprint density at radius 2 is 1.91 bits per heavy atom.